The summed E-state index contributed by atoms with van der Waals surface area (Å²) < 4.78 is 1.79. The average molecular weight is 263 g/mol. The largest absolute Gasteiger partial charge is 0.294 e. The summed E-state index contributed by atoms with van der Waals surface area (Å²) in [6.07, 6.45) is 0.433. The smallest absolute Gasteiger partial charge is 0.164 e. The molecule has 0 saturated heterocycles. The SMILES string of the molecule is Cc1nn(CCC(=O)c2ccccc2)c(C)c1Cl. The van der Waals surface area contributed by atoms with Gasteiger partial charge in [0, 0.05) is 18.5 Å². The van der Waals surface area contributed by atoms with Gasteiger partial charge in [0.25, 0.3) is 0 Å². The molecule has 0 radical (unpaired) electrons. The van der Waals surface area contributed by atoms with Crippen LogP contribution in [0.3, 0.4) is 0 Å². The standard InChI is InChI=1S/C14H15ClN2O/c1-10-14(15)11(2)17(16-10)9-8-13(18)12-6-4-3-5-7-12/h3-7H,8-9H2,1-2H3. The molecular weight excluding hydrogens is 248 g/mol. The summed E-state index contributed by atoms with van der Waals surface area (Å²) in [4.78, 5) is 11.9. The molecule has 1 heterocycles. The monoisotopic (exact) mass is 262 g/mol. The quantitative estimate of drug-likeness (QED) is 0.792. The highest BCUT2D eigenvalue weighted by atomic mass is 35.5. The molecular formula is C14H15ClN2O. The Morgan fingerprint density at radius 1 is 1.28 bits per heavy atom. The summed E-state index contributed by atoms with van der Waals surface area (Å²) in [6.45, 7) is 4.34. The van der Waals surface area contributed by atoms with Crippen LogP contribution in [0.4, 0.5) is 0 Å². The summed E-state index contributed by atoms with van der Waals surface area (Å²) in [5, 5.41) is 4.99. The van der Waals surface area contributed by atoms with Gasteiger partial charge in [-0.05, 0) is 13.8 Å². The highest BCUT2D eigenvalue weighted by Gasteiger charge is 2.11. The molecule has 4 heteroatoms. The molecule has 18 heavy (non-hydrogen) atoms. The average Bonchev–Trinajstić information content (AvgIpc) is 2.64. The van der Waals surface area contributed by atoms with E-state index < -0.39 is 0 Å². The lowest BCUT2D eigenvalue weighted by atomic mass is 10.1. The number of hydrogen-bond acceptors (Lipinski definition) is 2. The molecule has 0 aliphatic rings. The van der Waals surface area contributed by atoms with E-state index in [1.54, 1.807) is 4.68 Å². The van der Waals surface area contributed by atoms with Crippen molar-refractivity contribution in [3.05, 3.63) is 52.3 Å². The first-order valence-corrected chi connectivity index (χ1v) is 6.25. The van der Waals surface area contributed by atoms with E-state index in [0.29, 0.717) is 18.0 Å². The Kier molecular flexibility index (Phi) is 3.82. The number of ketones is 1. The van der Waals surface area contributed by atoms with E-state index in [0.717, 1.165) is 17.0 Å². The van der Waals surface area contributed by atoms with Crippen molar-refractivity contribution in [3.8, 4) is 0 Å². The van der Waals surface area contributed by atoms with Gasteiger partial charge >= 0.3 is 0 Å². The lowest BCUT2D eigenvalue weighted by Crippen LogP contribution is -2.08. The van der Waals surface area contributed by atoms with Crippen molar-refractivity contribution in [1.29, 1.82) is 0 Å². The number of halogens is 1. The number of nitrogens with zero attached hydrogens (tertiary/aromatic N) is 2. The molecule has 0 N–H and O–H groups in total. The summed E-state index contributed by atoms with van der Waals surface area (Å²) in [5.41, 5.74) is 2.46. The van der Waals surface area contributed by atoms with Crippen LogP contribution < -0.4 is 0 Å². The minimum absolute atomic E-state index is 0.124. The minimum Gasteiger partial charge on any atom is -0.294 e. The second kappa shape index (κ2) is 5.36. The predicted octanol–water partition coefficient (Wildman–Crippen LogP) is 3.43. The van der Waals surface area contributed by atoms with Crippen molar-refractivity contribution < 1.29 is 4.79 Å². The summed E-state index contributed by atoms with van der Waals surface area (Å²) in [7, 11) is 0. The number of benzene rings is 1. The predicted molar refractivity (Wildman–Crippen MR) is 72.1 cm³/mol. The van der Waals surface area contributed by atoms with Crippen LogP contribution in [0.5, 0.6) is 0 Å². The molecule has 0 unspecified atom stereocenters. The fraction of sp³-hybridized carbons (Fsp3) is 0.286. The Morgan fingerprint density at radius 2 is 1.94 bits per heavy atom. The molecule has 3 nitrogen and oxygen atoms in total. The number of rotatable bonds is 4. The molecule has 0 bridgehead atoms. The van der Waals surface area contributed by atoms with Crippen LogP contribution in [-0.2, 0) is 6.54 Å². The van der Waals surface area contributed by atoms with Gasteiger partial charge in [-0.1, -0.05) is 41.9 Å². The zero-order chi connectivity index (χ0) is 13.1. The van der Waals surface area contributed by atoms with Gasteiger partial charge in [-0.2, -0.15) is 5.10 Å². The molecule has 0 atom stereocenters. The van der Waals surface area contributed by atoms with Gasteiger partial charge in [-0.15, -0.1) is 0 Å². The van der Waals surface area contributed by atoms with Gasteiger partial charge < -0.3 is 0 Å². The first kappa shape index (κ1) is 12.8. The number of hydrogen-bond donors (Lipinski definition) is 0. The molecule has 1 aromatic carbocycles. The van der Waals surface area contributed by atoms with Crippen molar-refractivity contribution in [3.63, 3.8) is 0 Å². The van der Waals surface area contributed by atoms with E-state index in [1.807, 2.05) is 44.2 Å². The lowest BCUT2D eigenvalue weighted by molar-refractivity contribution is 0.0975. The Bertz CT molecular complexity index is 561. The van der Waals surface area contributed by atoms with Crippen LogP contribution in [0, 0.1) is 13.8 Å². The zero-order valence-electron chi connectivity index (χ0n) is 10.5. The molecule has 2 aromatic rings. The van der Waals surface area contributed by atoms with Crippen molar-refractivity contribution >= 4 is 17.4 Å². The molecule has 0 aliphatic carbocycles. The molecule has 0 aliphatic heterocycles. The Morgan fingerprint density at radius 3 is 2.50 bits per heavy atom. The van der Waals surface area contributed by atoms with E-state index >= 15 is 0 Å². The molecule has 0 fully saturated rings. The number of aryl methyl sites for hydroxylation is 2. The third kappa shape index (κ3) is 2.62. The number of carbonyl (C=O) groups excluding carboxylic acids is 1. The van der Waals surface area contributed by atoms with E-state index in [2.05, 4.69) is 5.10 Å². The van der Waals surface area contributed by atoms with Crippen molar-refractivity contribution in [2.24, 2.45) is 0 Å². The molecule has 94 valence electrons. The van der Waals surface area contributed by atoms with Crippen molar-refractivity contribution in [2.45, 2.75) is 26.8 Å². The normalized spacial score (nSPS) is 10.6. The first-order valence-electron chi connectivity index (χ1n) is 5.87. The van der Waals surface area contributed by atoms with Crippen molar-refractivity contribution in [2.75, 3.05) is 0 Å². The summed E-state index contributed by atoms with van der Waals surface area (Å²) >= 11 is 6.06. The fourth-order valence-electron chi connectivity index (χ4n) is 1.87. The highest BCUT2D eigenvalue weighted by molar-refractivity contribution is 6.31. The maximum atomic E-state index is 11.9. The van der Waals surface area contributed by atoms with Crippen LogP contribution in [0.15, 0.2) is 30.3 Å². The minimum atomic E-state index is 0.124. The summed E-state index contributed by atoms with van der Waals surface area (Å²) in [5.74, 6) is 0.124. The third-order valence-electron chi connectivity index (χ3n) is 2.94. The first-order chi connectivity index (χ1) is 8.59. The Hall–Kier alpha value is -1.61. The summed E-state index contributed by atoms with van der Waals surface area (Å²) in [6, 6.07) is 9.30. The molecule has 0 amide bonds. The molecule has 0 spiro atoms. The van der Waals surface area contributed by atoms with Gasteiger partial charge in [0.15, 0.2) is 5.78 Å². The van der Waals surface area contributed by atoms with Gasteiger partial charge in [-0.25, -0.2) is 0 Å². The van der Waals surface area contributed by atoms with Crippen LogP contribution >= 0.6 is 11.6 Å². The van der Waals surface area contributed by atoms with Crippen molar-refractivity contribution in [1.82, 2.24) is 9.78 Å². The molecule has 2 rings (SSSR count). The highest BCUT2D eigenvalue weighted by Crippen LogP contribution is 2.19. The van der Waals surface area contributed by atoms with E-state index in [4.69, 9.17) is 11.6 Å². The van der Waals surface area contributed by atoms with Gasteiger partial charge in [-0.3, -0.25) is 9.48 Å². The molecule has 1 aromatic heterocycles. The van der Waals surface area contributed by atoms with Crippen LogP contribution in [0.25, 0.3) is 0 Å². The third-order valence-corrected chi connectivity index (χ3v) is 3.49. The van der Waals surface area contributed by atoms with E-state index in [9.17, 15) is 4.79 Å². The van der Waals surface area contributed by atoms with Crippen LogP contribution in [0.1, 0.15) is 28.2 Å². The van der Waals surface area contributed by atoms with Crippen LogP contribution in [0.2, 0.25) is 5.02 Å². The second-order valence-electron chi connectivity index (χ2n) is 4.25. The lowest BCUT2D eigenvalue weighted by Gasteiger charge is -2.04. The van der Waals surface area contributed by atoms with Gasteiger partial charge in [0.1, 0.15) is 0 Å². The fourth-order valence-corrected chi connectivity index (χ4v) is 2.00. The Labute approximate surface area is 111 Å². The van der Waals surface area contributed by atoms with Gasteiger partial charge in [0.05, 0.1) is 16.4 Å². The number of aromatic nitrogens is 2. The topological polar surface area (TPSA) is 34.9 Å². The zero-order valence-corrected chi connectivity index (χ0v) is 11.2. The van der Waals surface area contributed by atoms with Crippen LogP contribution in [-0.4, -0.2) is 15.6 Å². The number of Topliss-reactive ketones (excluding diaryl/α,β-unsaturated/α-hetero) is 1. The maximum absolute atomic E-state index is 11.9. The number of carbonyl (C=O) groups is 1. The van der Waals surface area contributed by atoms with E-state index in [1.165, 1.54) is 0 Å². The maximum Gasteiger partial charge on any atom is 0.164 e. The van der Waals surface area contributed by atoms with Gasteiger partial charge in [0.2, 0.25) is 0 Å². The molecule has 0 saturated carbocycles. The Balaban J connectivity index is 2.04. The van der Waals surface area contributed by atoms with E-state index in [-0.39, 0.29) is 5.78 Å². The second-order valence-corrected chi connectivity index (χ2v) is 4.63.